The van der Waals surface area contributed by atoms with Gasteiger partial charge in [0.25, 0.3) is 11.8 Å². The van der Waals surface area contributed by atoms with Crippen molar-refractivity contribution >= 4 is 5.91 Å². The number of benzene rings is 1. The minimum Gasteiger partial charge on any atom is -0.492 e. The van der Waals surface area contributed by atoms with E-state index in [4.69, 9.17) is 4.74 Å². The summed E-state index contributed by atoms with van der Waals surface area (Å²) in [6, 6.07) is 6.96. The lowest BCUT2D eigenvalue weighted by molar-refractivity contribution is -0.0712. The SMILES string of the molecule is O=C(NCC1CCNCC1(F)F)c1ccccc1OCC1CC1. The normalized spacial score (nSPS) is 23.3. The van der Waals surface area contributed by atoms with Crippen molar-refractivity contribution in [1.29, 1.82) is 0 Å². The highest BCUT2D eigenvalue weighted by Gasteiger charge is 2.41. The third-order valence-electron chi connectivity index (χ3n) is 4.44. The summed E-state index contributed by atoms with van der Waals surface area (Å²) in [5.41, 5.74) is 0.408. The summed E-state index contributed by atoms with van der Waals surface area (Å²) in [6.45, 7) is 0.812. The Morgan fingerprint density at radius 2 is 2.09 bits per heavy atom. The zero-order valence-electron chi connectivity index (χ0n) is 13.0. The van der Waals surface area contributed by atoms with E-state index in [1.165, 1.54) is 12.8 Å². The van der Waals surface area contributed by atoms with Crippen molar-refractivity contribution < 1.29 is 18.3 Å². The van der Waals surface area contributed by atoms with Gasteiger partial charge in [-0.15, -0.1) is 0 Å². The topological polar surface area (TPSA) is 50.4 Å². The van der Waals surface area contributed by atoms with Gasteiger partial charge in [0.05, 0.1) is 18.7 Å². The van der Waals surface area contributed by atoms with Crippen LogP contribution in [0, 0.1) is 11.8 Å². The molecule has 2 fully saturated rings. The average molecular weight is 324 g/mol. The van der Waals surface area contributed by atoms with E-state index in [0.29, 0.717) is 36.8 Å². The Morgan fingerprint density at radius 1 is 1.30 bits per heavy atom. The third-order valence-corrected chi connectivity index (χ3v) is 4.44. The van der Waals surface area contributed by atoms with Gasteiger partial charge >= 0.3 is 0 Å². The number of hydrogen-bond donors (Lipinski definition) is 2. The lowest BCUT2D eigenvalue weighted by Crippen LogP contribution is -2.50. The van der Waals surface area contributed by atoms with Crippen LogP contribution in [0.15, 0.2) is 24.3 Å². The largest absolute Gasteiger partial charge is 0.492 e. The second kappa shape index (κ2) is 6.83. The van der Waals surface area contributed by atoms with Crippen LogP contribution in [0.3, 0.4) is 0 Å². The van der Waals surface area contributed by atoms with Crippen molar-refractivity contribution in [3.8, 4) is 5.75 Å². The van der Waals surface area contributed by atoms with E-state index in [2.05, 4.69) is 10.6 Å². The number of hydrogen-bond acceptors (Lipinski definition) is 3. The Balaban J connectivity index is 1.59. The fraction of sp³-hybridized carbons (Fsp3) is 0.588. The van der Waals surface area contributed by atoms with E-state index in [1.807, 2.05) is 0 Å². The van der Waals surface area contributed by atoms with Crippen LogP contribution in [0.4, 0.5) is 8.78 Å². The summed E-state index contributed by atoms with van der Waals surface area (Å²) >= 11 is 0. The predicted octanol–water partition coefficient (Wildman–Crippen LogP) is 2.45. The van der Waals surface area contributed by atoms with Crippen LogP contribution in [0.1, 0.15) is 29.6 Å². The van der Waals surface area contributed by atoms with E-state index < -0.39 is 11.8 Å². The fourth-order valence-electron chi connectivity index (χ4n) is 2.72. The minimum absolute atomic E-state index is 0.0233. The van der Waals surface area contributed by atoms with Crippen LogP contribution in [0.25, 0.3) is 0 Å². The molecule has 6 heteroatoms. The molecule has 1 unspecified atom stereocenters. The van der Waals surface area contributed by atoms with Crippen molar-refractivity contribution in [2.45, 2.75) is 25.2 Å². The molecular weight excluding hydrogens is 302 g/mol. The van der Waals surface area contributed by atoms with Crippen LogP contribution in [-0.4, -0.2) is 38.1 Å². The van der Waals surface area contributed by atoms with Gasteiger partial charge in [0.2, 0.25) is 0 Å². The molecule has 1 aliphatic carbocycles. The lowest BCUT2D eigenvalue weighted by atomic mass is 9.94. The highest BCUT2D eigenvalue weighted by atomic mass is 19.3. The van der Waals surface area contributed by atoms with Gasteiger partial charge in [0.1, 0.15) is 5.75 Å². The molecule has 1 aromatic carbocycles. The van der Waals surface area contributed by atoms with Gasteiger partial charge in [-0.1, -0.05) is 12.1 Å². The lowest BCUT2D eigenvalue weighted by Gasteiger charge is -2.31. The first kappa shape index (κ1) is 16.2. The molecule has 0 radical (unpaired) electrons. The monoisotopic (exact) mass is 324 g/mol. The molecule has 1 amide bonds. The van der Waals surface area contributed by atoms with Gasteiger partial charge in [-0.05, 0) is 43.9 Å². The van der Waals surface area contributed by atoms with Gasteiger partial charge in [0, 0.05) is 12.5 Å². The molecule has 1 saturated heterocycles. The van der Waals surface area contributed by atoms with Gasteiger partial charge in [-0.3, -0.25) is 4.79 Å². The predicted molar refractivity (Wildman–Crippen MR) is 82.9 cm³/mol. The molecule has 0 aromatic heterocycles. The quantitative estimate of drug-likeness (QED) is 0.845. The molecule has 126 valence electrons. The van der Waals surface area contributed by atoms with Gasteiger partial charge in [0.15, 0.2) is 0 Å². The van der Waals surface area contributed by atoms with Gasteiger partial charge in [-0.2, -0.15) is 0 Å². The van der Waals surface area contributed by atoms with Gasteiger partial charge < -0.3 is 15.4 Å². The van der Waals surface area contributed by atoms with E-state index in [0.717, 1.165) is 0 Å². The van der Waals surface area contributed by atoms with Crippen molar-refractivity contribution in [3.63, 3.8) is 0 Å². The molecule has 0 bridgehead atoms. The van der Waals surface area contributed by atoms with E-state index >= 15 is 0 Å². The number of ether oxygens (including phenoxy) is 1. The van der Waals surface area contributed by atoms with Crippen molar-refractivity contribution in [2.24, 2.45) is 11.8 Å². The molecule has 1 saturated carbocycles. The smallest absolute Gasteiger partial charge is 0.264 e. The number of para-hydroxylation sites is 1. The Morgan fingerprint density at radius 3 is 2.83 bits per heavy atom. The Hall–Kier alpha value is -1.69. The van der Waals surface area contributed by atoms with Crippen LogP contribution in [-0.2, 0) is 0 Å². The number of piperidine rings is 1. The van der Waals surface area contributed by atoms with Crippen molar-refractivity contribution in [2.75, 3.05) is 26.2 Å². The molecule has 4 nitrogen and oxygen atoms in total. The first-order valence-corrected chi connectivity index (χ1v) is 8.15. The maximum absolute atomic E-state index is 13.8. The number of carbonyl (C=O) groups excluding carboxylic acids is 1. The molecule has 3 rings (SSSR count). The zero-order valence-corrected chi connectivity index (χ0v) is 13.0. The maximum atomic E-state index is 13.8. The van der Waals surface area contributed by atoms with Crippen LogP contribution < -0.4 is 15.4 Å². The summed E-state index contributed by atoms with van der Waals surface area (Å²) in [5.74, 6) is -2.86. The highest BCUT2D eigenvalue weighted by molar-refractivity contribution is 5.96. The average Bonchev–Trinajstić information content (AvgIpc) is 3.36. The van der Waals surface area contributed by atoms with E-state index in [1.54, 1.807) is 24.3 Å². The van der Waals surface area contributed by atoms with Crippen LogP contribution in [0.2, 0.25) is 0 Å². The Bertz CT molecular complexity index is 561. The Kier molecular flexibility index (Phi) is 4.80. The number of nitrogens with one attached hydrogen (secondary N) is 2. The molecule has 1 heterocycles. The molecule has 1 aliphatic heterocycles. The molecule has 2 aliphatic rings. The van der Waals surface area contributed by atoms with Gasteiger partial charge in [-0.25, -0.2) is 8.78 Å². The summed E-state index contributed by atoms with van der Waals surface area (Å²) < 4.78 is 33.3. The molecule has 2 N–H and O–H groups in total. The number of carbonyl (C=O) groups is 1. The summed E-state index contributed by atoms with van der Waals surface area (Å²) in [5, 5.41) is 5.33. The maximum Gasteiger partial charge on any atom is 0.264 e. The standard InChI is InChI=1S/C17H22F2N2O2/c18-17(19)11-20-8-7-13(17)9-21-16(22)14-3-1-2-4-15(14)23-10-12-5-6-12/h1-4,12-13,20H,5-11H2,(H,21,22). The van der Waals surface area contributed by atoms with Crippen LogP contribution >= 0.6 is 0 Å². The first-order valence-electron chi connectivity index (χ1n) is 8.15. The summed E-state index contributed by atoms with van der Waals surface area (Å²) in [7, 11) is 0. The van der Waals surface area contributed by atoms with E-state index in [9.17, 15) is 13.6 Å². The second-order valence-electron chi connectivity index (χ2n) is 6.38. The summed E-state index contributed by atoms with van der Waals surface area (Å²) in [4.78, 5) is 12.3. The highest BCUT2D eigenvalue weighted by Crippen LogP contribution is 2.31. The number of halogens is 2. The molecule has 0 spiro atoms. The molecule has 23 heavy (non-hydrogen) atoms. The van der Waals surface area contributed by atoms with E-state index in [-0.39, 0.29) is 19.0 Å². The fourth-order valence-corrected chi connectivity index (χ4v) is 2.72. The number of amides is 1. The Labute approximate surface area is 134 Å². The molecule has 1 aromatic rings. The second-order valence-corrected chi connectivity index (χ2v) is 6.38. The molecular formula is C17H22F2N2O2. The summed E-state index contributed by atoms with van der Waals surface area (Å²) in [6.07, 6.45) is 2.69. The minimum atomic E-state index is -2.78. The molecule has 1 atom stereocenters. The number of rotatable bonds is 6. The van der Waals surface area contributed by atoms with Crippen LogP contribution in [0.5, 0.6) is 5.75 Å². The zero-order chi connectivity index (χ0) is 16.3. The number of alkyl halides is 2. The van der Waals surface area contributed by atoms with Crippen molar-refractivity contribution in [3.05, 3.63) is 29.8 Å². The first-order chi connectivity index (χ1) is 11.1. The third kappa shape index (κ3) is 4.19. The van der Waals surface area contributed by atoms with Crippen molar-refractivity contribution in [1.82, 2.24) is 10.6 Å².